The fourth-order valence-corrected chi connectivity index (χ4v) is 5.29. The van der Waals surface area contributed by atoms with E-state index in [0.29, 0.717) is 19.4 Å². The Morgan fingerprint density at radius 3 is 1.73 bits per heavy atom. The van der Waals surface area contributed by atoms with Gasteiger partial charge < -0.3 is 19.1 Å². The van der Waals surface area contributed by atoms with E-state index in [1.54, 1.807) is 0 Å². The van der Waals surface area contributed by atoms with E-state index >= 15 is 0 Å². The van der Waals surface area contributed by atoms with Crippen LogP contribution in [0.5, 0.6) is 0 Å². The van der Waals surface area contributed by atoms with Crippen molar-refractivity contribution in [2.45, 2.75) is 180 Å². The quantitative estimate of drug-likeness (QED) is 0.0406. The second kappa shape index (κ2) is 35.0. The van der Waals surface area contributed by atoms with E-state index in [1.165, 1.54) is 89.9 Å². The van der Waals surface area contributed by atoms with Crippen molar-refractivity contribution in [3.8, 4) is 0 Å². The number of hydrogen-bond acceptors (Lipinski definition) is 6. The number of rotatable bonds is 33. The number of allylic oxidation sites excluding steroid dienone is 4. The summed E-state index contributed by atoms with van der Waals surface area (Å²) in [6, 6.07) is 0. The highest BCUT2D eigenvalue weighted by Gasteiger charge is 2.16. The maximum absolute atomic E-state index is 12.3. The van der Waals surface area contributed by atoms with Crippen molar-refractivity contribution in [1.82, 2.24) is 4.90 Å². The van der Waals surface area contributed by atoms with E-state index in [-0.39, 0.29) is 18.7 Å². The number of hydrogen-bond donors (Lipinski definition) is 0. The van der Waals surface area contributed by atoms with Crippen molar-refractivity contribution < 1.29 is 23.8 Å². The summed E-state index contributed by atoms with van der Waals surface area (Å²) in [6.45, 7) is 6.00. The van der Waals surface area contributed by atoms with Crippen LogP contribution in [-0.2, 0) is 19.0 Å². The van der Waals surface area contributed by atoms with E-state index in [2.05, 4.69) is 43.1 Å². The van der Waals surface area contributed by atoms with Gasteiger partial charge in [0.05, 0.1) is 13.2 Å². The molecule has 6 heteroatoms. The Morgan fingerprint density at radius 2 is 1.11 bits per heavy atom. The van der Waals surface area contributed by atoms with Gasteiger partial charge in [-0.1, -0.05) is 128 Å². The van der Waals surface area contributed by atoms with Crippen LogP contribution in [0.25, 0.3) is 0 Å². The molecule has 0 heterocycles. The van der Waals surface area contributed by atoms with Crippen molar-refractivity contribution in [3.05, 3.63) is 24.3 Å². The van der Waals surface area contributed by atoms with Gasteiger partial charge in [0.1, 0.15) is 6.10 Å². The lowest BCUT2D eigenvalue weighted by Gasteiger charge is -2.18. The van der Waals surface area contributed by atoms with Crippen molar-refractivity contribution in [2.75, 3.05) is 33.9 Å². The van der Waals surface area contributed by atoms with Gasteiger partial charge in [0, 0.05) is 19.4 Å². The summed E-state index contributed by atoms with van der Waals surface area (Å²) >= 11 is 0. The summed E-state index contributed by atoms with van der Waals surface area (Å²) in [5, 5.41) is 0. The van der Waals surface area contributed by atoms with E-state index in [4.69, 9.17) is 14.2 Å². The third kappa shape index (κ3) is 34.9. The first-order valence-corrected chi connectivity index (χ1v) is 18.9. The maximum atomic E-state index is 12.3. The summed E-state index contributed by atoms with van der Waals surface area (Å²) in [4.78, 5) is 26.6. The summed E-state index contributed by atoms with van der Waals surface area (Å²) in [6.07, 6.45) is 36.3. The monoisotopic (exact) mass is 636 g/mol. The smallest absolute Gasteiger partial charge is 0.466 e. The Balaban J connectivity index is 4.07. The molecule has 0 amide bonds. The highest BCUT2D eigenvalue weighted by atomic mass is 16.7. The zero-order chi connectivity index (χ0) is 33.1. The first-order valence-electron chi connectivity index (χ1n) is 18.9. The molecule has 0 aromatic heterocycles. The third-order valence-electron chi connectivity index (χ3n) is 8.15. The first-order chi connectivity index (χ1) is 22.0. The van der Waals surface area contributed by atoms with Crippen molar-refractivity contribution >= 4 is 12.1 Å². The molecule has 0 saturated carbocycles. The third-order valence-corrected chi connectivity index (χ3v) is 8.15. The summed E-state index contributed by atoms with van der Waals surface area (Å²) in [5.74, 6) is -0.148. The van der Waals surface area contributed by atoms with Gasteiger partial charge in [-0.25, -0.2) is 4.79 Å². The molecule has 0 aliphatic carbocycles. The van der Waals surface area contributed by atoms with Gasteiger partial charge in [-0.15, -0.1) is 0 Å². The molecule has 264 valence electrons. The predicted octanol–water partition coefficient (Wildman–Crippen LogP) is 11.5. The van der Waals surface area contributed by atoms with Crippen LogP contribution in [0.1, 0.15) is 174 Å². The number of esters is 1. The molecule has 0 aromatic carbocycles. The lowest BCUT2D eigenvalue weighted by Crippen LogP contribution is -2.23. The minimum absolute atomic E-state index is 0.148. The first kappa shape index (κ1) is 43.2. The van der Waals surface area contributed by atoms with E-state index in [1.807, 2.05) is 14.1 Å². The van der Waals surface area contributed by atoms with Crippen LogP contribution in [0.2, 0.25) is 0 Å². The van der Waals surface area contributed by atoms with E-state index in [9.17, 15) is 9.59 Å². The van der Waals surface area contributed by atoms with Crippen LogP contribution < -0.4 is 0 Å². The molecule has 1 unspecified atom stereocenters. The lowest BCUT2D eigenvalue weighted by atomic mass is 10.0. The molecule has 1 atom stereocenters. The number of carbonyl (C=O) groups is 2. The van der Waals surface area contributed by atoms with Gasteiger partial charge in [0.25, 0.3) is 0 Å². The van der Waals surface area contributed by atoms with Crippen molar-refractivity contribution in [3.63, 3.8) is 0 Å². The topological polar surface area (TPSA) is 65.1 Å². The molecule has 0 saturated heterocycles. The van der Waals surface area contributed by atoms with Crippen LogP contribution in [0.4, 0.5) is 4.79 Å². The number of carbonyl (C=O) groups excluding carboxylic acids is 2. The summed E-state index contributed by atoms with van der Waals surface area (Å²) < 4.78 is 16.4. The minimum atomic E-state index is -0.609. The van der Waals surface area contributed by atoms with Gasteiger partial charge >= 0.3 is 12.1 Å². The fourth-order valence-electron chi connectivity index (χ4n) is 5.29. The normalized spacial score (nSPS) is 12.4. The molecular formula is C39H73NO5. The SMILES string of the molecule is CCCCC/C=C/C/C=C/CCCCCCCC(=O)OCCC(CCCCCCCCCCCC)OC(=O)OCCCN(C)C. The predicted molar refractivity (Wildman–Crippen MR) is 191 cm³/mol. The molecule has 0 radical (unpaired) electrons. The van der Waals surface area contributed by atoms with Gasteiger partial charge in [-0.3, -0.25) is 4.79 Å². The molecule has 0 bridgehead atoms. The highest BCUT2D eigenvalue weighted by Crippen LogP contribution is 2.16. The Labute approximate surface area is 279 Å². The number of nitrogens with zero attached hydrogens (tertiary/aromatic N) is 1. The van der Waals surface area contributed by atoms with Gasteiger partial charge in [-0.2, -0.15) is 0 Å². The van der Waals surface area contributed by atoms with Crippen LogP contribution >= 0.6 is 0 Å². The second-order valence-electron chi connectivity index (χ2n) is 13.0. The Hall–Kier alpha value is -1.82. The standard InChI is InChI=1S/C39H73NO5/c1-5-7-9-11-13-15-17-18-19-20-21-23-25-27-29-32-38(41)43-36-33-37(45-39(42)44-35-30-34-40(3)4)31-28-26-24-22-16-14-12-10-8-6-2/h13,15,18-19,37H,5-12,14,16-17,20-36H2,1-4H3/b15-13+,19-18+. The zero-order valence-electron chi connectivity index (χ0n) is 30.2. The Bertz CT molecular complexity index is 706. The maximum Gasteiger partial charge on any atom is 0.508 e. The van der Waals surface area contributed by atoms with Gasteiger partial charge in [0.15, 0.2) is 0 Å². The Kier molecular flexibility index (Phi) is 33.6. The number of unbranched alkanes of at least 4 members (excludes halogenated alkanes) is 17. The summed E-state index contributed by atoms with van der Waals surface area (Å²) in [7, 11) is 4.00. The molecule has 0 aliphatic rings. The Morgan fingerprint density at radius 1 is 0.578 bits per heavy atom. The van der Waals surface area contributed by atoms with Gasteiger partial charge in [0.2, 0.25) is 0 Å². The average molecular weight is 636 g/mol. The molecule has 6 nitrogen and oxygen atoms in total. The van der Waals surface area contributed by atoms with Crippen molar-refractivity contribution in [1.29, 1.82) is 0 Å². The molecule has 0 aromatic rings. The molecule has 0 N–H and O–H groups in total. The van der Waals surface area contributed by atoms with Gasteiger partial charge in [-0.05, 0) is 71.9 Å². The van der Waals surface area contributed by atoms with E-state index in [0.717, 1.165) is 64.3 Å². The molecule has 0 aliphatic heterocycles. The van der Waals surface area contributed by atoms with Crippen LogP contribution in [0.15, 0.2) is 24.3 Å². The van der Waals surface area contributed by atoms with Crippen LogP contribution in [0.3, 0.4) is 0 Å². The number of ether oxygens (including phenoxy) is 3. The zero-order valence-corrected chi connectivity index (χ0v) is 30.2. The largest absolute Gasteiger partial charge is 0.508 e. The molecule has 45 heavy (non-hydrogen) atoms. The minimum Gasteiger partial charge on any atom is -0.466 e. The molecule has 0 rings (SSSR count). The average Bonchev–Trinajstić information content (AvgIpc) is 3.01. The summed E-state index contributed by atoms with van der Waals surface area (Å²) in [5.41, 5.74) is 0. The van der Waals surface area contributed by atoms with Crippen LogP contribution in [-0.4, -0.2) is 57.0 Å². The fraction of sp³-hybridized carbons (Fsp3) is 0.846. The van der Waals surface area contributed by atoms with Crippen LogP contribution in [0, 0.1) is 0 Å². The second-order valence-corrected chi connectivity index (χ2v) is 13.0. The molecular weight excluding hydrogens is 562 g/mol. The lowest BCUT2D eigenvalue weighted by molar-refractivity contribution is -0.144. The highest BCUT2D eigenvalue weighted by molar-refractivity contribution is 5.69. The molecule has 0 spiro atoms. The van der Waals surface area contributed by atoms with E-state index < -0.39 is 6.16 Å². The van der Waals surface area contributed by atoms with Crippen molar-refractivity contribution in [2.24, 2.45) is 0 Å². The molecule has 0 fully saturated rings.